The summed E-state index contributed by atoms with van der Waals surface area (Å²) in [5, 5.41) is 0. The van der Waals surface area contributed by atoms with E-state index in [-0.39, 0.29) is 6.61 Å². The monoisotopic (exact) mass is 353 g/mol. The van der Waals surface area contributed by atoms with Gasteiger partial charge in [-0.3, -0.25) is 4.90 Å². The molecule has 26 heavy (non-hydrogen) atoms. The number of carbonyl (C=O) groups is 2. The van der Waals surface area contributed by atoms with Gasteiger partial charge in [0.25, 0.3) is 0 Å². The Balaban J connectivity index is 1.90. The van der Waals surface area contributed by atoms with Crippen molar-refractivity contribution in [2.24, 2.45) is 0 Å². The van der Waals surface area contributed by atoms with Crippen molar-refractivity contribution in [2.75, 3.05) is 20.3 Å². The van der Waals surface area contributed by atoms with Crippen molar-refractivity contribution in [1.29, 1.82) is 0 Å². The molecule has 5 heteroatoms. The van der Waals surface area contributed by atoms with E-state index in [1.54, 1.807) is 0 Å². The molecule has 136 valence electrons. The minimum absolute atomic E-state index is 0.240. The van der Waals surface area contributed by atoms with Gasteiger partial charge in [0, 0.05) is 31.8 Å². The zero-order valence-corrected chi connectivity index (χ0v) is 14.8. The molecule has 0 radical (unpaired) electrons. The minimum atomic E-state index is -0.586. The Morgan fingerprint density at radius 1 is 0.846 bits per heavy atom. The van der Waals surface area contributed by atoms with E-state index in [9.17, 15) is 9.59 Å². The molecule has 0 saturated carbocycles. The molecule has 0 amide bonds. The predicted molar refractivity (Wildman–Crippen MR) is 99.1 cm³/mol. The maximum atomic E-state index is 11.6. The number of hydrogen-bond donors (Lipinski definition) is 0. The SMILES string of the molecule is COC(=O)C=CC(=O)OCCN(Cc1ccccc1)Cc1ccccc1. The van der Waals surface area contributed by atoms with Crippen molar-refractivity contribution in [1.82, 2.24) is 4.90 Å². The molecular formula is C21H23NO4. The van der Waals surface area contributed by atoms with Gasteiger partial charge in [0.15, 0.2) is 0 Å². The van der Waals surface area contributed by atoms with Crippen LogP contribution in [0.15, 0.2) is 72.8 Å². The average Bonchev–Trinajstić information content (AvgIpc) is 2.67. The third-order valence-electron chi connectivity index (χ3n) is 3.71. The maximum Gasteiger partial charge on any atom is 0.331 e. The van der Waals surface area contributed by atoms with E-state index in [1.165, 1.54) is 18.2 Å². The number of carbonyl (C=O) groups excluding carboxylic acids is 2. The predicted octanol–water partition coefficient (Wildman–Crippen LogP) is 2.96. The number of rotatable bonds is 9. The summed E-state index contributed by atoms with van der Waals surface area (Å²) in [4.78, 5) is 24.8. The zero-order chi connectivity index (χ0) is 18.6. The lowest BCUT2D eigenvalue weighted by Crippen LogP contribution is -2.27. The third kappa shape index (κ3) is 7.32. The number of ether oxygens (including phenoxy) is 2. The van der Waals surface area contributed by atoms with Crippen LogP contribution in [0.3, 0.4) is 0 Å². The fraction of sp³-hybridized carbons (Fsp3) is 0.238. The molecule has 0 atom stereocenters. The summed E-state index contributed by atoms with van der Waals surface area (Å²) in [6.07, 6.45) is 2.12. The van der Waals surface area contributed by atoms with Gasteiger partial charge in [-0.05, 0) is 11.1 Å². The lowest BCUT2D eigenvalue weighted by Gasteiger charge is -2.22. The topological polar surface area (TPSA) is 55.8 Å². The van der Waals surface area contributed by atoms with E-state index >= 15 is 0 Å². The first-order valence-corrected chi connectivity index (χ1v) is 8.40. The van der Waals surface area contributed by atoms with Crippen LogP contribution in [0.25, 0.3) is 0 Å². The van der Waals surface area contributed by atoms with Gasteiger partial charge in [0.05, 0.1) is 7.11 Å². The normalized spacial score (nSPS) is 10.8. The summed E-state index contributed by atoms with van der Waals surface area (Å²) < 4.78 is 9.60. The average molecular weight is 353 g/mol. The van der Waals surface area contributed by atoms with Crippen molar-refractivity contribution in [3.63, 3.8) is 0 Å². The Hall–Kier alpha value is -2.92. The summed E-state index contributed by atoms with van der Waals surface area (Å²) in [7, 11) is 1.25. The van der Waals surface area contributed by atoms with Crippen LogP contribution >= 0.6 is 0 Å². The number of methoxy groups -OCH3 is 1. The van der Waals surface area contributed by atoms with Crippen LogP contribution in [0.1, 0.15) is 11.1 Å². The molecule has 2 rings (SSSR count). The minimum Gasteiger partial charge on any atom is -0.466 e. The van der Waals surface area contributed by atoms with Crippen LogP contribution in [0.5, 0.6) is 0 Å². The molecule has 0 bridgehead atoms. The Labute approximate surface area is 153 Å². The Morgan fingerprint density at radius 2 is 1.35 bits per heavy atom. The molecular weight excluding hydrogens is 330 g/mol. The van der Waals surface area contributed by atoms with Gasteiger partial charge >= 0.3 is 11.9 Å². The van der Waals surface area contributed by atoms with E-state index in [2.05, 4.69) is 33.9 Å². The van der Waals surface area contributed by atoms with Crippen molar-refractivity contribution in [2.45, 2.75) is 13.1 Å². The molecule has 0 aliphatic carbocycles. The van der Waals surface area contributed by atoms with Crippen LogP contribution in [-0.2, 0) is 32.2 Å². The van der Waals surface area contributed by atoms with E-state index in [1.807, 2.05) is 36.4 Å². The summed E-state index contributed by atoms with van der Waals surface area (Å²) >= 11 is 0. The van der Waals surface area contributed by atoms with E-state index in [0.29, 0.717) is 6.54 Å². The Kier molecular flexibility index (Phi) is 8.09. The molecule has 0 aliphatic heterocycles. The molecule has 0 fully saturated rings. The van der Waals surface area contributed by atoms with Gasteiger partial charge in [-0.2, -0.15) is 0 Å². The van der Waals surface area contributed by atoms with Crippen LogP contribution < -0.4 is 0 Å². The number of benzene rings is 2. The van der Waals surface area contributed by atoms with Crippen molar-refractivity contribution < 1.29 is 19.1 Å². The number of esters is 2. The molecule has 0 unspecified atom stereocenters. The van der Waals surface area contributed by atoms with Gasteiger partial charge in [-0.15, -0.1) is 0 Å². The maximum absolute atomic E-state index is 11.6. The first kappa shape index (κ1) is 19.4. The summed E-state index contributed by atoms with van der Waals surface area (Å²) in [5.74, 6) is -1.15. The van der Waals surface area contributed by atoms with E-state index in [4.69, 9.17) is 4.74 Å². The highest BCUT2D eigenvalue weighted by molar-refractivity contribution is 5.91. The molecule has 0 N–H and O–H groups in total. The Bertz CT molecular complexity index is 672. The van der Waals surface area contributed by atoms with Gasteiger partial charge in [-0.25, -0.2) is 9.59 Å². The largest absolute Gasteiger partial charge is 0.466 e. The van der Waals surface area contributed by atoms with E-state index in [0.717, 1.165) is 25.2 Å². The fourth-order valence-electron chi connectivity index (χ4n) is 2.42. The summed E-state index contributed by atoms with van der Waals surface area (Å²) in [5.41, 5.74) is 2.39. The zero-order valence-electron chi connectivity index (χ0n) is 14.8. The second kappa shape index (κ2) is 10.8. The van der Waals surface area contributed by atoms with Crippen LogP contribution in [0, 0.1) is 0 Å². The van der Waals surface area contributed by atoms with E-state index < -0.39 is 11.9 Å². The Morgan fingerprint density at radius 3 is 1.85 bits per heavy atom. The fourth-order valence-corrected chi connectivity index (χ4v) is 2.42. The first-order chi connectivity index (χ1) is 12.7. The third-order valence-corrected chi connectivity index (χ3v) is 3.71. The molecule has 0 saturated heterocycles. The summed E-state index contributed by atoms with van der Waals surface area (Å²) in [6.45, 7) is 2.34. The van der Waals surface area contributed by atoms with Crippen molar-refractivity contribution in [3.8, 4) is 0 Å². The lowest BCUT2D eigenvalue weighted by molar-refractivity contribution is -0.139. The molecule has 2 aromatic carbocycles. The quantitative estimate of drug-likeness (QED) is 0.512. The second-order valence-corrected chi connectivity index (χ2v) is 5.71. The van der Waals surface area contributed by atoms with Crippen molar-refractivity contribution >= 4 is 11.9 Å². The van der Waals surface area contributed by atoms with Crippen LogP contribution in [0.4, 0.5) is 0 Å². The standard InChI is InChI=1S/C21H23NO4/c1-25-20(23)12-13-21(24)26-15-14-22(16-18-8-4-2-5-9-18)17-19-10-6-3-7-11-19/h2-13H,14-17H2,1H3. The molecule has 0 aromatic heterocycles. The highest BCUT2D eigenvalue weighted by atomic mass is 16.5. The molecule has 0 heterocycles. The van der Waals surface area contributed by atoms with Crippen LogP contribution in [-0.4, -0.2) is 37.1 Å². The lowest BCUT2D eigenvalue weighted by atomic mass is 10.1. The highest BCUT2D eigenvalue weighted by Gasteiger charge is 2.08. The van der Waals surface area contributed by atoms with Crippen molar-refractivity contribution in [3.05, 3.63) is 83.9 Å². The molecule has 0 aliphatic rings. The summed E-state index contributed by atoms with van der Waals surface area (Å²) in [6, 6.07) is 20.3. The molecule has 2 aromatic rings. The molecule has 5 nitrogen and oxygen atoms in total. The smallest absolute Gasteiger partial charge is 0.331 e. The first-order valence-electron chi connectivity index (χ1n) is 8.40. The van der Waals surface area contributed by atoms with Gasteiger partial charge in [0.1, 0.15) is 6.61 Å². The highest BCUT2D eigenvalue weighted by Crippen LogP contribution is 2.09. The second-order valence-electron chi connectivity index (χ2n) is 5.71. The molecule has 0 spiro atoms. The number of nitrogens with zero attached hydrogens (tertiary/aromatic N) is 1. The number of hydrogen-bond acceptors (Lipinski definition) is 5. The van der Waals surface area contributed by atoms with Gasteiger partial charge in [0.2, 0.25) is 0 Å². The van der Waals surface area contributed by atoms with Crippen LogP contribution in [0.2, 0.25) is 0 Å². The van der Waals surface area contributed by atoms with Gasteiger partial charge < -0.3 is 9.47 Å². The van der Waals surface area contributed by atoms with Gasteiger partial charge in [-0.1, -0.05) is 60.7 Å².